The molecule has 0 saturated heterocycles. The highest BCUT2D eigenvalue weighted by Crippen LogP contribution is 2.37. The molecular formula is C31H32N2O5. The monoisotopic (exact) mass is 512 g/mol. The average Bonchev–Trinajstić information content (AvgIpc) is 3.63. The van der Waals surface area contributed by atoms with E-state index < -0.39 is 0 Å². The Labute approximate surface area is 222 Å². The van der Waals surface area contributed by atoms with Gasteiger partial charge < -0.3 is 23.4 Å². The Kier molecular flexibility index (Phi) is 7.36. The van der Waals surface area contributed by atoms with Crippen LogP contribution in [0.2, 0.25) is 0 Å². The van der Waals surface area contributed by atoms with Crippen molar-refractivity contribution in [3.63, 3.8) is 0 Å². The summed E-state index contributed by atoms with van der Waals surface area (Å²) in [5.41, 5.74) is 4.56. The molecule has 1 aliphatic heterocycles. The maximum atomic E-state index is 12.9. The zero-order valence-electron chi connectivity index (χ0n) is 22.0. The van der Waals surface area contributed by atoms with Crippen molar-refractivity contribution < 1.29 is 23.2 Å². The topological polar surface area (TPSA) is 76.1 Å². The van der Waals surface area contributed by atoms with Crippen LogP contribution in [-0.2, 0) is 24.4 Å². The largest absolute Gasteiger partial charge is 0.486 e. The molecule has 2 amide bonds. The van der Waals surface area contributed by atoms with Gasteiger partial charge in [-0.1, -0.05) is 42.8 Å². The summed E-state index contributed by atoms with van der Waals surface area (Å²) in [5, 5.41) is 0. The van der Waals surface area contributed by atoms with Gasteiger partial charge in [0, 0.05) is 20.0 Å². The minimum atomic E-state index is -0.233. The molecule has 0 spiro atoms. The summed E-state index contributed by atoms with van der Waals surface area (Å²) in [4.78, 5) is 29.1. The molecular weight excluding hydrogens is 480 g/mol. The minimum absolute atomic E-state index is 0.136. The molecule has 0 bridgehead atoms. The van der Waals surface area contributed by atoms with Gasteiger partial charge in [-0.25, -0.2) is 0 Å². The molecule has 0 radical (unpaired) electrons. The summed E-state index contributed by atoms with van der Waals surface area (Å²) >= 11 is 0. The van der Waals surface area contributed by atoms with E-state index in [0.717, 1.165) is 17.5 Å². The second-order valence-electron chi connectivity index (χ2n) is 9.66. The Morgan fingerprint density at radius 1 is 1.05 bits per heavy atom. The Balaban J connectivity index is 1.32. The van der Waals surface area contributed by atoms with Gasteiger partial charge in [-0.3, -0.25) is 9.59 Å². The number of aryl methyl sites for hydroxylation is 1. The molecule has 196 valence electrons. The van der Waals surface area contributed by atoms with Crippen molar-refractivity contribution in [3.8, 4) is 5.75 Å². The summed E-state index contributed by atoms with van der Waals surface area (Å²) in [6.07, 6.45) is 2.85. The first kappa shape index (κ1) is 25.4. The zero-order chi connectivity index (χ0) is 26.6. The molecule has 5 rings (SSSR count). The lowest BCUT2D eigenvalue weighted by atomic mass is 9.87. The predicted octanol–water partition coefficient (Wildman–Crippen LogP) is 5.92. The van der Waals surface area contributed by atoms with E-state index in [0.29, 0.717) is 36.8 Å². The first-order chi connectivity index (χ1) is 18.4. The molecule has 2 aromatic carbocycles. The number of benzene rings is 2. The third-order valence-corrected chi connectivity index (χ3v) is 6.93. The summed E-state index contributed by atoms with van der Waals surface area (Å²) in [6, 6.07) is 21.3. The van der Waals surface area contributed by atoms with Crippen LogP contribution in [0.5, 0.6) is 5.75 Å². The number of ether oxygens (including phenoxy) is 1. The maximum Gasteiger partial charge on any atom is 0.289 e. The van der Waals surface area contributed by atoms with E-state index in [1.165, 1.54) is 11.1 Å². The van der Waals surface area contributed by atoms with Crippen molar-refractivity contribution >= 4 is 11.8 Å². The first-order valence-corrected chi connectivity index (χ1v) is 12.9. The van der Waals surface area contributed by atoms with E-state index >= 15 is 0 Å². The summed E-state index contributed by atoms with van der Waals surface area (Å²) in [5.74, 6) is 2.09. The van der Waals surface area contributed by atoms with Crippen molar-refractivity contribution in [2.45, 2.75) is 45.9 Å². The van der Waals surface area contributed by atoms with Crippen LogP contribution in [0, 0.1) is 6.92 Å². The second kappa shape index (κ2) is 11.0. The van der Waals surface area contributed by atoms with Crippen molar-refractivity contribution in [2.24, 2.45) is 0 Å². The fourth-order valence-electron chi connectivity index (χ4n) is 4.88. The molecule has 7 nitrogen and oxygen atoms in total. The van der Waals surface area contributed by atoms with Crippen LogP contribution in [0.25, 0.3) is 0 Å². The van der Waals surface area contributed by atoms with Gasteiger partial charge in [0.2, 0.25) is 5.91 Å². The van der Waals surface area contributed by atoms with Crippen LogP contribution < -0.4 is 4.74 Å². The third-order valence-electron chi connectivity index (χ3n) is 6.93. The average molecular weight is 513 g/mol. The van der Waals surface area contributed by atoms with Crippen LogP contribution in [0.4, 0.5) is 0 Å². The lowest BCUT2D eigenvalue weighted by Crippen LogP contribution is -2.40. The van der Waals surface area contributed by atoms with Crippen LogP contribution in [0.3, 0.4) is 0 Å². The van der Waals surface area contributed by atoms with E-state index in [9.17, 15) is 9.59 Å². The zero-order valence-corrected chi connectivity index (χ0v) is 22.0. The maximum absolute atomic E-state index is 12.9. The fourth-order valence-corrected chi connectivity index (χ4v) is 4.88. The summed E-state index contributed by atoms with van der Waals surface area (Å²) < 4.78 is 17.2. The van der Waals surface area contributed by atoms with Crippen LogP contribution in [0.15, 0.2) is 81.8 Å². The number of furan rings is 2. The van der Waals surface area contributed by atoms with Crippen molar-refractivity contribution in [3.05, 3.63) is 113 Å². The van der Waals surface area contributed by atoms with Crippen molar-refractivity contribution in [1.29, 1.82) is 0 Å². The highest BCUT2D eigenvalue weighted by molar-refractivity contribution is 5.91. The van der Waals surface area contributed by atoms with E-state index in [2.05, 4.69) is 37.3 Å². The van der Waals surface area contributed by atoms with Crippen LogP contribution >= 0.6 is 0 Å². The summed E-state index contributed by atoms with van der Waals surface area (Å²) in [7, 11) is 1.70. The van der Waals surface area contributed by atoms with E-state index in [4.69, 9.17) is 13.6 Å². The fraction of sp³-hybridized carbons (Fsp3) is 0.290. The Morgan fingerprint density at radius 3 is 2.61 bits per heavy atom. The number of carbonyl (C=O) groups excluding carboxylic acids is 2. The Bertz CT molecular complexity index is 1400. The smallest absolute Gasteiger partial charge is 0.289 e. The first-order valence-electron chi connectivity index (χ1n) is 12.9. The molecule has 1 atom stereocenters. The Morgan fingerprint density at radius 2 is 1.87 bits per heavy atom. The molecule has 0 fully saturated rings. The molecule has 1 aliphatic rings. The molecule has 3 heterocycles. The van der Waals surface area contributed by atoms with Gasteiger partial charge in [-0.05, 0) is 66.4 Å². The van der Waals surface area contributed by atoms with Gasteiger partial charge in [0.25, 0.3) is 5.91 Å². The number of hydrogen-bond acceptors (Lipinski definition) is 5. The lowest BCUT2D eigenvalue weighted by Gasteiger charge is -2.38. The number of amides is 2. The third kappa shape index (κ3) is 5.37. The lowest BCUT2D eigenvalue weighted by molar-refractivity contribution is -0.132. The predicted molar refractivity (Wildman–Crippen MR) is 143 cm³/mol. The number of carbonyl (C=O) groups is 2. The highest BCUT2D eigenvalue weighted by atomic mass is 16.5. The molecule has 1 unspecified atom stereocenters. The van der Waals surface area contributed by atoms with Crippen LogP contribution in [0.1, 0.15) is 63.7 Å². The SMILES string of the molecule is CCC(=O)N1CCc2ccc(OCc3ccc(C(=O)N(C)Cc4ccco4)o3)cc2C1c1ccc(C)cc1. The van der Waals surface area contributed by atoms with Crippen molar-refractivity contribution in [1.82, 2.24) is 9.80 Å². The molecule has 38 heavy (non-hydrogen) atoms. The van der Waals surface area contributed by atoms with E-state index in [1.54, 1.807) is 36.4 Å². The second-order valence-corrected chi connectivity index (χ2v) is 9.66. The molecule has 7 heteroatoms. The van der Waals surface area contributed by atoms with Gasteiger partial charge in [-0.2, -0.15) is 0 Å². The molecule has 4 aromatic rings. The normalized spacial score (nSPS) is 14.7. The van der Waals surface area contributed by atoms with Crippen LogP contribution in [-0.4, -0.2) is 35.2 Å². The van der Waals surface area contributed by atoms with Gasteiger partial charge in [-0.15, -0.1) is 0 Å². The van der Waals surface area contributed by atoms with Gasteiger partial charge in [0.05, 0.1) is 18.8 Å². The number of nitrogens with zero attached hydrogens (tertiary/aromatic N) is 2. The van der Waals surface area contributed by atoms with Gasteiger partial charge in [0.1, 0.15) is 23.9 Å². The van der Waals surface area contributed by atoms with Gasteiger partial charge in [0.15, 0.2) is 5.76 Å². The summed E-state index contributed by atoms with van der Waals surface area (Å²) in [6.45, 7) is 5.19. The molecule has 0 aliphatic carbocycles. The highest BCUT2D eigenvalue weighted by Gasteiger charge is 2.31. The molecule has 0 saturated carbocycles. The molecule has 0 N–H and O–H groups in total. The minimum Gasteiger partial charge on any atom is -0.486 e. The number of rotatable bonds is 8. The van der Waals surface area contributed by atoms with E-state index in [1.807, 2.05) is 30.0 Å². The van der Waals surface area contributed by atoms with E-state index in [-0.39, 0.29) is 30.2 Å². The standard InChI is InChI=1S/C31H32N2O5/c1-4-29(34)33-16-15-22-11-12-24(18-27(22)30(33)23-9-7-21(2)8-10-23)37-20-26-13-14-28(38-26)31(35)32(3)19-25-6-5-17-36-25/h5-14,17-18,30H,4,15-16,19-20H2,1-3H3. The number of fused-ring (bicyclic) bond motifs is 1. The van der Waals surface area contributed by atoms with Gasteiger partial charge >= 0.3 is 0 Å². The number of hydrogen-bond donors (Lipinski definition) is 0. The van der Waals surface area contributed by atoms with Crippen molar-refractivity contribution in [2.75, 3.05) is 13.6 Å². The quantitative estimate of drug-likeness (QED) is 0.293. The Hall–Kier alpha value is -4.26. The molecule has 2 aromatic heterocycles.